The Morgan fingerprint density at radius 1 is 1.41 bits per heavy atom. The van der Waals surface area contributed by atoms with E-state index in [1.807, 2.05) is 12.3 Å². The molecule has 0 saturated carbocycles. The summed E-state index contributed by atoms with van der Waals surface area (Å²) in [6.45, 7) is 9.78. The predicted octanol–water partition coefficient (Wildman–Crippen LogP) is 2.45. The van der Waals surface area contributed by atoms with Crippen molar-refractivity contribution < 1.29 is 0 Å². The van der Waals surface area contributed by atoms with Crippen LogP contribution in [-0.4, -0.2) is 29.5 Å². The van der Waals surface area contributed by atoms with Gasteiger partial charge in [-0.3, -0.25) is 9.88 Å². The minimum atomic E-state index is 0.0894. The minimum Gasteiger partial charge on any atom is -0.326 e. The van der Waals surface area contributed by atoms with Gasteiger partial charge in [-0.15, -0.1) is 0 Å². The Morgan fingerprint density at radius 2 is 2.06 bits per heavy atom. The first kappa shape index (κ1) is 14.1. The predicted molar refractivity (Wildman–Crippen MR) is 72.7 cm³/mol. The van der Waals surface area contributed by atoms with Crippen molar-refractivity contribution in [3.63, 3.8) is 0 Å². The third kappa shape index (κ3) is 4.44. The zero-order valence-corrected chi connectivity index (χ0v) is 11.6. The lowest BCUT2D eigenvalue weighted by Gasteiger charge is -2.35. The van der Waals surface area contributed by atoms with Crippen molar-refractivity contribution in [2.24, 2.45) is 11.1 Å². The van der Waals surface area contributed by atoms with Crippen LogP contribution in [0, 0.1) is 5.41 Å². The first-order valence-corrected chi connectivity index (χ1v) is 6.17. The second-order valence-corrected chi connectivity index (χ2v) is 6.07. The quantitative estimate of drug-likeness (QED) is 0.871. The molecule has 0 spiro atoms. The maximum atomic E-state index is 6.12. The Balaban J connectivity index is 2.87. The molecule has 1 heterocycles. The number of pyridine rings is 1. The smallest absolute Gasteiger partial charge is 0.0509 e. The van der Waals surface area contributed by atoms with Crippen molar-refractivity contribution in [3.8, 4) is 0 Å². The fraction of sp³-hybridized carbons (Fsp3) is 0.643. The molecule has 1 aromatic rings. The summed E-state index contributed by atoms with van der Waals surface area (Å²) in [5.41, 5.74) is 7.58. The van der Waals surface area contributed by atoms with Gasteiger partial charge in [-0.2, -0.15) is 0 Å². The average Bonchev–Trinajstić information content (AvgIpc) is 2.15. The van der Waals surface area contributed by atoms with Crippen LogP contribution in [0.3, 0.4) is 0 Å². The SMILES string of the molecule is CC(N)C(c1cccnc1)N(C)CC(C)(C)C. The molecule has 0 amide bonds. The van der Waals surface area contributed by atoms with Crippen molar-refractivity contribution in [2.75, 3.05) is 13.6 Å². The summed E-state index contributed by atoms with van der Waals surface area (Å²) in [5.74, 6) is 0. The van der Waals surface area contributed by atoms with Crippen LogP contribution < -0.4 is 5.73 Å². The van der Waals surface area contributed by atoms with Crippen LogP contribution in [0.4, 0.5) is 0 Å². The van der Waals surface area contributed by atoms with Crippen molar-refractivity contribution in [1.29, 1.82) is 0 Å². The number of nitrogens with two attached hydrogens (primary N) is 1. The van der Waals surface area contributed by atoms with Gasteiger partial charge in [0, 0.05) is 25.0 Å². The number of nitrogens with zero attached hydrogens (tertiary/aromatic N) is 2. The molecule has 0 saturated heterocycles. The molecule has 0 aliphatic heterocycles. The third-order valence-electron chi connectivity index (χ3n) is 2.72. The normalized spacial score (nSPS) is 15.9. The lowest BCUT2D eigenvalue weighted by molar-refractivity contribution is 0.156. The molecule has 96 valence electrons. The topological polar surface area (TPSA) is 42.1 Å². The highest BCUT2D eigenvalue weighted by atomic mass is 15.2. The molecule has 1 rings (SSSR count). The molecule has 0 bridgehead atoms. The van der Waals surface area contributed by atoms with E-state index in [1.165, 1.54) is 5.56 Å². The molecule has 2 unspecified atom stereocenters. The molecule has 0 aliphatic rings. The van der Waals surface area contributed by atoms with E-state index in [0.29, 0.717) is 0 Å². The van der Waals surface area contributed by atoms with E-state index in [-0.39, 0.29) is 17.5 Å². The molecule has 3 heteroatoms. The summed E-state index contributed by atoms with van der Waals surface area (Å²) in [6.07, 6.45) is 3.71. The molecule has 2 N–H and O–H groups in total. The lowest BCUT2D eigenvalue weighted by atomic mass is 9.93. The lowest BCUT2D eigenvalue weighted by Crippen LogP contribution is -2.41. The Kier molecular flexibility index (Phi) is 4.66. The largest absolute Gasteiger partial charge is 0.326 e. The van der Waals surface area contributed by atoms with Gasteiger partial charge >= 0.3 is 0 Å². The van der Waals surface area contributed by atoms with Crippen LogP contribution in [-0.2, 0) is 0 Å². The van der Waals surface area contributed by atoms with Crippen molar-refractivity contribution in [1.82, 2.24) is 9.88 Å². The fourth-order valence-corrected chi connectivity index (χ4v) is 2.36. The molecule has 3 nitrogen and oxygen atoms in total. The van der Waals surface area contributed by atoms with Gasteiger partial charge < -0.3 is 5.73 Å². The van der Waals surface area contributed by atoms with Crippen LogP contribution in [0.15, 0.2) is 24.5 Å². The molecule has 17 heavy (non-hydrogen) atoms. The number of hydrogen-bond donors (Lipinski definition) is 1. The summed E-state index contributed by atoms with van der Waals surface area (Å²) in [4.78, 5) is 6.51. The van der Waals surface area contributed by atoms with E-state index in [0.717, 1.165) is 6.54 Å². The highest BCUT2D eigenvalue weighted by Crippen LogP contribution is 2.25. The van der Waals surface area contributed by atoms with Gasteiger partial charge in [-0.05, 0) is 31.0 Å². The van der Waals surface area contributed by atoms with Crippen molar-refractivity contribution in [2.45, 2.75) is 39.8 Å². The maximum absolute atomic E-state index is 6.12. The molecular weight excluding hydrogens is 210 g/mol. The Hall–Kier alpha value is -0.930. The maximum Gasteiger partial charge on any atom is 0.0509 e. The summed E-state index contributed by atoms with van der Waals surface area (Å²) < 4.78 is 0. The van der Waals surface area contributed by atoms with E-state index in [9.17, 15) is 0 Å². The highest BCUT2D eigenvalue weighted by molar-refractivity contribution is 5.16. The van der Waals surface area contributed by atoms with Gasteiger partial charge in [-0.1, -0.05) is 26.8 Å². The number of rotatable bonds is 4. The second kappa shape index (κ2) is 5.61. The standard InChI is InChI=1S/C14H25N3/c1-11(15)13(12-7-6-8-16-9-12)17(5)10-14(2,3)4/h6-9,11,13H,10,15H2,1-5H3. The van der Waals surface area contributed by atoms with E-state index in [1.54, 1.807) is 6.20 Å². The zero-order chi connectivity index (χ0) is 13.1. The fourth-order valence-electron chi connectivity index (χ4n) is 2.36. The van der Waals surface area contributed by atoms with Crippen molar-refractivity contribution >= 4 is 0 Å². The molecule has 2 atom stereocenters. The zero-order valence-electron chi connectivity index (χ0n) is 11.6. The van der Waals surface area contributed by atoms with Crippen LogP contribution >= 0.6 is 0 Å². The monoisotopic (exact) mass is 235 g/mol. The number of likely N-dealkylation sites (N-methyl/N-ethyl adjacent to an activating group) is 1. The van der Waals surface area contributed by atoms with E-state index in [2.05, 4.69) is 50.7 Å². The molecule has 0 aliphatic carbocycles. The van der Waals surface area contributed by atoms with E-state index in [4.69, 9.17) is 5.73 Å². The molecule has 0 radical (unpaired) electrons. The summed E-state index contributed by atoms with van der Waals surface area (Å²) >= 11 is 0. The first-order chi connectivity index (χ1) is 7.81. The third-order valence-corrected chi connectivity index (χ3v) is 2.72. The van der Waals surface area contributed by atoms with Gasteiger partial charge in [0.15, 0.2) is 0 Å². The molecule has 0 aromatic carbocycles. The van der Waals surface area contributed by atoms with Crippen LogP contribution in [0.1, 0.15) is 39.3 Å². The average molecular weight is 235 g/mol. The molecular formula is C14H25N3. The van der Waals surface area contributed by atoms with Gasteiger partial charge in [0.05, 0.1) is 6.04 Å². The Bertz CT molecular complexity index is 327. The Labute approximate surface area is 105 Å². The van der Waals surface area contributed by atoms with Crippen LogP contribution in [0.25, 0.3) is 0 Å². The highest BCUT2D eigenvalue weighted by Gasteiger charge is 2.24. The van der Waals surface area contributed by atoms with Crippen molar-refractivity contribution in [3.05, 3.63) is 30.1 Å². The van der Waals surface area contributed by atoms with Gasteiger partial charge in [0.2, 0.25) is 0 Å². The Morgan fingerprint density at radius 3 is 2.47 bits per heavy atom. The van der Waals surface area contributed by atoms with E-state index < -0.39 is 0 Å². The second-order valence-electron chi connectivity index (χ2n) is 6.07. The summed E-state index contributed by atoms with van der Waals surface area (Å²) in [5, 5.41) is 0. The van der Waals surface area contributed by atoms with Crippen LogP contribution in [0.5, 0.6) is 0 Å². The summed E-state index contributed by atoms with van der Waals surface area (Å²) in [7, 11) is 2.13. The van der Waals surface area contributed by atoms with Crippen LogP contribution in [0.2, 0.25) is 0 Å². The van der Waals surface area contributed by atoms with Gasteiger partial charge in [-0.25, -0.2) is 0 Å². The van der Waals surface area contributed by atoms with Gasteiger partial charge in [0.1, 0.15) is 0 Å². The number of aromatic nitrogens is 1. The minimum absolute atomic E-state index is 0.0894. The number of hydrogen-bond acceptors (Lipinski definition) is 3. The first-order valence-electron chi connectivity index (χ1n) is 6.17. The van der Waals surface area contributed by atoms with E-state index >= 15 is 0 Å². The summed E-state index contributed by atoms with van der Waals surface area (Å²) in [6, 6.07) is 4.38. The van der Waals surface area contributed by atoms with Gasteiger partial charge in [0.25, 0.3) is 0 Å². The molecule has 1 aromatic heterocycles. The molecule has 0 fully saturated rings.